The lowest BCUT2D eigenvalue weighted by molar-refractivity contribution is -0.0904. The summed E-state index contributed by atoms with van der Waals surface area (Å²) in [5.74, 6) is 0.466. The quantitative estimate of drug-likeness (QED) is 0.589. The van der Waals surface area contributed by atoms with E-state index in [1.54, 1.807) is 0 Å². The van der Waals surface area contributed by atoms with E-state index in [1.165, 1.54) is 0 Å². The van der Waals surface area contributed by atoms with Crippen LogP contribution in [0.1, 0.15) is 19.8 Å². The third-order valence-corrected chi connectivity index (χ3v) is 1.94. The molecule has 58 valence electrons. The van der Waals surface area contributed by atoms with E-state index in [9.17, 15) is 0 Å². The van der Waals surface area contributed by atoms with E-state index in [0.717, 1.165) is 12.8 Å². The molecule has 1 N–H and O–H groups in total. The topological polar surface area (TPSA) is 29.5 Å². The minimum atomic E-state index is -0.542. The molecule has 1 saturated heterocycles. The molecule has 1 aliphatic heterocycles. The molecule has 0 bridgehead atoms. The van der Waals surface area contributed by atoms with Gasteiger partial charge in [0.15, 0.2) is 6.29 Å². The van der Waals surface area contributed by atoms with Crippen molar-refractivity contribution in [1.82, 2.24) is 0 Å². The fourth-order valence-electron chi connectivity index (χ4n) is 1.31. The van der Waals surface area contributed by atoms with E-state index in [0.29, 0.717) is 5.92 Å². The summed E-state index contributed by atoms with van der Waals surface area (Å²) in [5.41, 5.74) is 0. The highest BCUT2D eigenvalue weighted by Crippen LogP contribution is 2.26. The first kappa shape index (κ1) is 7.76. The minimum Gasteiger partial charge on any atom is -0.368 e. The van der Waals surface area contributed by atoms with Crippen LogP contribution < -0.4 is 0 Å². The second-order valence-electron chi connectivity index (χ2n) is 2.87. The average Bonchev–Trinajstić information content (AvgIpc) is 2.13. The Labute approximate surface area is 61.5 Å². The van der Waals surface area contributed by atoms with Crippen molar-refractivity contribution >= 4 is 0 Å². The van der Waals surface area contributed by atoms with Crippen molar-refractivity contribution in [2.45, 2.75) is 32.2 Å². The maximum atomic E-state index is 9.04. The third kappa shape index (κ3) is 1.58. The van der Waals surface area contributed by atoms with Gasteiger partial charge in [-0.05, 0) is 12.3 Å². The lowest BCUT2D eigenvalue weighted by Gasteiger charge is -2.10. The first-order valence-corrected chi connectivity index (χ1v) is 3.68. The summed E-state index contributed by atoms with van der Waals surface area (Å²) in [6.07, 6.45) is 3.09. The molecule has 1 heterocycles. The minimum absolute atomic E-state index is 0.187. The predicted octanol–water partition coefficient (Wildman–Crippen LogP) is 1.31. The lowest BCUT2D eigenvalue weighted by Crippen LogP contribution is -2.12. The Morgan fingerprint density at radius 3 is 2.90 bits per heavy atom. The van der Waals surface area contributed by atoms with Gasteiger partial charge in [0.05, 0.1) is 6.10 Å². The van der Waals surface area contributed by atoms with Gasteiger partial charge in [0.2, 0.25) is 0 Å². The largest absolute Gasteiger partial charge is 0.368 e. The molecular formula is C8H14O2. The van der Waals surface area contributed by atoms with Crippen molar-refractivity contribution in [3.63, 3.8) is 0 Å². The Hall–Kier alpha value is -0.340. The molecule has 0 radical (unpaired) electrons. The van der Waals surface area contributed by atoms with Crippen LogP contribution in [0.5, 0.6) is 0 Å². The fourth-order valence-corrected chi connectivity index (χ4v) is 1.31. The monoisotopic (exact) mass is 142 g/mol. The van der Waals surface area contributed by atoms with Crippen molar-refractivity contribution in [3.8, 4) is 0 Å². The van der Waals surface area contributed by atoms with Crippen molar-refractivity contribution in [2.75, 3.05) is 0 Å². The zero-order valence-electron chi connectivity index (χ0n) is 6.29. The smallest absolute Gasteiger partial charge is 0.155 e. The van der Waals surface area contributed by atoms with E-state index in [4.69, 9.17) is 9.84 Å². The van der Waals surface area contributed by atoms with Gasteiger partial charge in [-0.25, -0.2) is 0 Å². The Kier molecular flexibility index (Phi) is 2.46. The first-order chi connectivity index (χ1) is 4.74. The molecule has 0 aromatic carbocycles. The maximum absolute atomic E-state index is 9.04. The van der Waals surface area contributed by atoms with Crippen LogP contribution in [0.4, 0.5) is 0 Å². The highest BCUT2D eigenvalue weighted by atomic mass is 16.6. The van der Waals surface area contributed by atoms with Gasteiger partial charge >= 0.3 is 0 Å². The molecule has 0 unspecified atom stereocenters. The van der Waals surface area contributed by atoms with Crippen LogP contribution in [0.2, 0.25) is 0 Å². The summed E-state index contributed by atoms with van der Waals surface area (Å²) in [6.45, 7) is 5.71. The second-order valence-corrected chi connectivity index (χ2v) is 2.87. The average molecular weight is 142 g/mol. The van der Waals surface area contributed by atoms with Crippen LogP contribution in [0.3, 0.4) is 0 Å². The first-order valence-electron chi connectivity index (χ1n) is 3.68. The van der Waals surface area contributed by atoms with Gasteiger partial charge in [-0.2, -0.15) is 0 Å². The Balaban J connectivity index is 2.38. The number of rotatable bonds is 2. The summed E-state index contributed by atoms with van der Waals surface area (Å²) < 4.78 is 5.20. The van der Waals surface area contributed by atoms with Gasteiger partial charge in [-0.3, -0.25) is 0 Å². The van der Waals surface area contributed by atoms with Crippen LogP contribution in [0, 0.1) is 5.92 Å². The van der Waals surface area contributed by atoms with Crippen molar-refractivity contribution in [2.24, 2.45) is 5.92 Å². The molecule has 1 rings (SSSR count). The molecule has 0 aromatic heterocycles. The van der Waals surface area contributed by atoms with Gasteiger partial charge in [0, 0.05) is 6.42 Å². The van der Waals surface area contributed by atoms with E-state index >= 15 is 0 Å². The van der Waals surface area contributed by atoms with E-state index in [1.807, 2.05) is 6.08 Å². The summed E-state index contributed by atoms with van der Waals surface area (Å²) >= 11 is 0. The molecule has 0 saturated carbocycles. The zero-order valence-corrected chi connectivity index (χ0v) is 6.29. The van der Waals surface area contributed by atoms with Crippen LogP contribution in [0.25, 0.3) is 0 Å². The SMILES string of the molecule is C=CC[C@@H]1O[C@H](O)C[C@@H]1C. The van der Waals surface area contributed by atoms with E-state index in [-0.39, 0.29) is 6.10 Å². The van der Waals surface area contributed by atoms with Gasteiger partial charge in [0.25, 0.3) is 0 Å². The molecule has 0 aliphatic carbocycles. The van der Waals surface area contributed by atoms with Crippen molar-refractivity contribution in [1.29, 1.82) is 0 Å². The molecule has 3 atom stereocenters. The summed E-state index contributed by atoms with van der Waals surface area (Å²) in [5, 5.41) is 9.04. The number of hydrogen-bond donors (Lipinski definition) is 1. The second kappa shape index (κ2) is 3.17. The fraction of sp³-hybridized carbons (Fsp3) is 0.750. The van der Waals surface area contributed by atoms with Crippen LogP contribution in [0.15, 0.2) is 12.7 Å². The Morgan fingerprint density at radius 2 is 2.50 bits per heavy atom. The molecule has 2 nitrogen and oxygen atoms in total. The molecule has 2 heteroatoms. The predicted molar refractivity (Wildman–Crippen MR) is 39.5 cm³/mol. The van der Waals surface area contributed by atoms with Crippen LogP contribution in [-0.2, 0) is 4.74 Å². The number of ether oxygens (including phenoxy) is 1. The molecule has 10 heavy (non-hydrogen) atoms. The number of aliphatic hydroxyl groups excluding tert-OH is 1. The molecule has 1 fully saturated rings. The van der Waals surface area contributed by atoms with Crippen molar-refractivity contribution < 1.29 is 9.84 Å². The highest BCUT2D eigenvalue weighted by Gasteiger charge is 2.29. The maximum Gasteiger partial charge on any atom is 0.155 e. The molecule has 0 amide bonds. The zero-order chi connectivity index (χ0) is 7.56. The van der Waals surface area contributed by atoms with Gasteiger partial charge in [0.1, 0.15) is 0 Å². The number of hydrogen-bond acceptors (Lipinski definition) is 2. The van der Waals surface area contributed by atoms with E-state index < -0.39 is 6.29 Å². The normalized spacial score (nSPS) is 40.0. The number of aliphatic hydroxyl groups is 1. The summed E-state index contributed by atoms with van der Waals surface area (Å²) in [7, 11) is 0. The standard InChI is InChI=1S/C8H14O2/c1-3-4-7-6(2)5-8(9)10-7/h3,6-9H,1,4-5H2,2H3/t6-,7-,8-/m0/s1. The highest BCUT2D eigenvalue weighted by molar-refractivity contribution is 4.81. The van der Waals surface area contributed by atoms with Crippen molar-refractivity contribution in [3.05, 3.63) is 12.7 Å². The van der Waals surface area contributed by atoms with Crippen LogP contribution in [-0.4, -0.2) is 17.5 Å². The molecular weight excluding hydrogens is 128 g/mol. The van der Waals surface area contributed by atoms with E-state index in [2.05, 4.69) is 13.5 Å². The van der Waals surface area contributed by atoms with Gasteiger partial charge in [-0.1, -0.05) is 13.0 Å². The summed E-state index contributed by atoms with van der Waals surface area (Å²) in [6, 6.07) is 0. The Bertz CT molecular complexity index is 122. The van der Waals surface area contributed by atoms with Gasteiger partial charge < -0.3 is 9.84 Å². The molecule has 0 aromatic rings. The van der Waals surface area contributed by atoms with Crippen LogP contribution >= 0.6 is 0 Å². The van der Waals surface area contributed by atoms with Gasteiger partial charge in [-0.15, -0.1) is 6.58 Å². The molecule has 1 aliphatic rings. The molecule has 0 spiro atoms. The Morgan fingerprint density at radius 1 is 1.80 bits per heavy atom. The lowest BCUT2D eigenvalue weighted by atomic mass is 10.0. The summed E-state index contributed by atoms with van der Waals surface area (Å²) in [4.78, 5) is 0. The third-order valence-electron chi connectivity index (χ3n) is 1.94.